The molecule has 1 aromatic heterocycles. The molecule has 3 heteroatoms. The summed E-state index contributed by atoms with van der Waals surface area (Å²) in [7, 11) is 0. The van der Waals surface area contributed by atoms with Gasteiger partial charge in [0.2, 0.25) is 0 Å². The standard InChI is InChI=1S/C9H14N.C4H11N.ClH/c1-2-3-7-10-8-5-4-6-9-10;1-3-5-4-2;/h4-6,8-9H,2-3,7H2,1H3;5H,3-4H2,1-2H3;1H/q+1;;. The lowest BCUT2D eigenvalue weighted by Gasteiger charge is -1.91. The minimum atomic E-state index is 0. The summed E-state index contributed by atoms with van der Waals surface area (Å²) >= 11 is 0. The molecule has 0 radical (unpaired) electrons. The predicted molar refractivity (Wildman–Crippen MR) is 73.0 cm³/mol. The highest BCUT2D eigenvalue weighted by Gasteiger charge is 1.93. The van der Waals surface area contributed by atoms with Crippen molar-refractivity contribution in [3.8, 4) is 0 Å². The topological polar surface area (TPSA) is 15.9 Å². The van der Waals surface area contributed by atoms with Crippen LogP contribution in [0.4, 0.5) is 0 Å². The predicted octanol–water partition coefficient (Wildman–Crippen LogP) is 2.81. The quantitative estimate of drug-likeness (QED) is 0.789. The molecule has 0 atom stereocenters. The van der Waals surface area contributed by atoms with Crippen molar-refractivity contribution in [1.82, 2.24) is 5.32 Å². The first-order valence-corrected chi connectivity index (χ1v) is 5.99. The van der Waals surface area contributed by atoms with Gasteiger partial charge in [0.25, 0.3) is 0 Å². The van der Waals surface area contributed by atoms with Crippen molar-refractivity contribution in [2.45, 2.75) is 40.2 Å². The average Bonchev–Trinajstić information content (AvgIpc) is 2.30. The van der Waals surface area contributed by atoms with Gasteiger partial charge in [-0.25, -0.2) is 4.57 Å². The molecule has 0 aromatic carbocycles. The van der Waals surface area contributed by atoms with E-state index in [1.807, 2.05) is 6.07 Å². The van der Waals surface area contributed by atoms with Crippen molar-refractivity contribution in [1.29, 1.82) is 0 Å². The molecule has 16 heavy (non-hydrogen) atoms. The Morgan fingerprint density at radius 1 is 0.938 bits per heavy atom. The summed E-state index contributed by atoms with van der Waals surface area (Å²) in [6.07, 6.45) is 6.75. The highest BCUT2D eigenvalue weighted by Crippen LogP contribution is 1.85. The van der Waals surface area contributed by atoms with Gasteiger partial charge in [-0.15, -0.1) is 12.4 Å². The van der Waals surface area contributed by atoms with Crippen molar-refractivity contribution in [2.75, 3.05) is 13.1 Å². The van der Waals surface area contributed by atoms with Crippen molar-refractivity contribution in [2.24, 2.45) is 0 Å². The maximum atomic E-state index is 3.11. The third-order valence-corrected chi connectivity index (χ3v) is 2.05. The van der Waals surface area contributed by atoms with Gasteiger partial charge in [0.15, 0.2) is 12.4 Å². The van der Waals surface area contributed by atoms with E-state index in [1.54, 1.807) is 0 Å². The van der Waals surface area contributed by atoms with Crippen molar-refractivity contribution in [3.05, 3.63) is 30.6 Å². The average molecular weight is 246 g/mol. The minimum absolute atomic E-state index is 0. The van der Waals surface area contributed by atoms with E-state index < -0.39 is 0 Å². The van der Waals surface area contributed by atoms with Crippen LogP contribution in [0.1, 0.15) is 33.6 Å². The fraction of sp³-hybridized carbons (Fsp3) is 0.615. The first-order chi connectivity index (χ1) is 7.35. The monoisotopic (exact) mass is 245 g/mol. The first kappa shape index (κ1) is 17.8. The molecule has 0 saturated carbocycles. The summed E-state index contributed by atoms with van der Waals surface area (Å²) < 4.78 is 2.21. The largest absolute Gasteiger partial charge is 0.317 e. The van der Waals surface area contributed by atoms with E-state index in [0.717, 1.165) is 19.6 Å². The molecule has 1 rings (SSSR count). The fourth-order valence-electron chi connectivity index (χ4n) is 1.17. The second-order valence-electron chi connectivity index (χ2n) is 3.42. The van der Waals surface area contributed by atoms with Gasteiger partial charge in [-0.05, 0) is 13.1 Å². The Bertz CT molecular complexity index is 212. The Morgan fingerprint density at radius 3 is 1.88 bits per heavy atom. The van der Waals surface area contributed by atoms with Crippen molar-refractivity contribution >= 4 is 12.4 Å². The van der Waals surface area contributed by atoms with Gasteiger partial charge >= 0.3 is 0 Å². The lowest BCUT2D eigenvalue weighted by atomic mass is 10.3. The van der Waals surface area contributed by atoms with E-state index in [2.05, 4.69) is 55.2 Å². The maximum Gasteiger partial charge on any atom is 0.168 e. The highest BCUT2D eigenvalue weighted by atomic mass is 35.5. The molecule has 0 amide bonds. The van der Waals surface area contributed by atoms with Crippen LogP contribution < -0.4 is 9.88 Å². The Balaban J connectivity index is 0. The summed E-state index contributed by atoms with van der Waals surface area (Å²) in [5, 5.41) is 3.11. The number of pyridine rings is 1. The van der Waals surface area contributed by atoms with E-state index in [-0.39, 0.29) is 12.4 Å². The zero-order valence-electron chi connectivity index (χ0n) is 10.8. The number of hydrogen-bond donors (Lipinski definition) is 1. The molecule has 1 heterocycles. The summed E-state index contributed by atoms with van der Waals surface area (Å²) in [6.45, 7) is 9.75. The Kier molecular flexibility index (Phi) is 16.0. The Morgan fingerprint density at radius 2 is 1.50 bits per heavy atom. The van der Waals surface area contributed by atoms with Crippen LogP contribution in [0.3, 0.4) is 0 Å². The Hall–Kier alpha value is -0.600. The van der Waals surface area contributed by atoms with Gasteiger partial charge in [-0.3, -0.25) is 0 Å². The zero-order valence-corrected chi connectivity index (χ0v) is 11.6. The molecule has 0 aliphatic carbocycles. The lowest BCUT2D eigenvalue weighted by molar-refractivity contribution is -0.697. The number of nitrogens with zero attached hydrogens (tertiary/aromatic N) is 1. The summed E-state index contributed by atoms with van der Waals surface area (Å²) in [6, 6.07) is 6.17. The van der Waals surface area contributed by atoms with Crippen LogP contribution in [0, 0.1) is 0 Å². The number of rotatable bonds is 5. The molecule has 1 N–H and O–H groups in total. The van der Waals surface area contributed by atoms with E-state index >= 15 is 0 Å². The van der Waals surface area contributed by atoms with Gasteiger partial charge in [-0.1, -0.05) is 33.3 Å². The second-order valence-corrected chi connectivity index (χ2v) is 3.42. The van der Waals surface area contributed by atoms with E-state index in [1.165, 1.54) is 12.8 Å². The molecule has 1 aromatic rings. The number of nitrogens with one attached hydrogen (secondary N) is 1. The van der Waals surface area contributed by atoms with Crippen LogP contribution in [-0.4, -0.2) is 13.1 Å². The molecular weight excluding hydrogens is 220 g/mol. The Labute approximate surface area is 106 Å². The smallest absolute Gasteiger partial charge is 0.168 e. The number of aromatic nitrogens is 1. The third kappa shape index (κ3) is 11.5. The molecular formula is C13H26ClN2+. The van der Waals surface area contributed by atoms with E-state index in [4.69, 9.17) is 0 Å². The van der Waals surface area contributed by atoms with Gasteiger partial charge in [0.05, 0.1) is 0 Å². The highest BCUT2D eigenvalue weighted by molar-refractivity contribution is 5.85. The molecule has 0 bridgehead atoms. The van der Waals surface area contributed by atoms with Crippen molar-refractivity contribution < 1.29 is 4.57 Å². The molecule has 0 spiro atoms. The van der Waals surface area contributed by atoms with Gasteiger partial charge < -0.3 is 5.32 Å². The van der Waals surface area contributed by atoms with E-state index in [0.29, 0.717) is 0 Å². The van der Waals surface area contributed by atoms with Crippen LogP contribution in [0.15, 0.2) is 30.6 Å². The van der Waals surface area contributed by atoms with Gasteiger partial charge in [0, 0.05) is 18.6 Å². The number of hydrogen-bond acceptors (Lipinski definition) is 1. The molecule has 0 aliphatic heterocycles. The zero-order chi connectivity index (χ0) is 11.4. The van der Waals surface area contributed by atoms with Crippen LogP contribution >= 0.6 is 12.4 Å². The molecule has 94 valence electrons. The lowest BCUT2D eigenvalue weighted by Crippen LogP contribution is -2.31. The van der Waals surface area contributed by atoms with Crippen LogP contribution in [0.2, 0.25) is 0 Å². The van der Waals surface area contributed by atoms with Crippen LogP contribution in [-0.2, 0) is 6.54 Å². The van der Waals surface area contributed by atoms with Gasteiger partial charge in [0.1, 0.15) is 6.54 Å². The maximum absolute atomic E-state index is 3.11. The molecule has 2 nitrogen and oxygen atoms in total. The molecule has 0 saturated heterocycles. The van der Waals surface area contributed by atoms with Gasteiger partial charge in [-0.2, -0.15) is 0 Å². The first-order valence-electron chi connectivity index (χ1n) is 5.99. The summed E-state index contributed by atoms with van der Waals surface area (Å²) in [4.78, 5) is 0. The van der Waals surface area contributed by atoms with E-state index in [9.17, 15) is 0 Å². The summed E-state index contributed by atoms with van der Waals surface area (Å²) in [5.41, 5.74) is 0. The number of halogens is 1. The van der Waals surface area contributed by atoms with Crippen molar-refractivity contribution in [3.63, 3.8) is 0 Å². The molecule has 0 unspecified atom stereocenters. The minimum Gasteiger partial charge on any atom is -0.317 e. The van der Waals surface area contributed by atoms with Crippen LogP contribution in [0.5, 0.6) is 0 Å². The number of aryl methyl sites for hydroxylation is 1. The fourth-order valence-corrected chi connectivity index (χ4v) is 1.17. The molecule has 0 aliphatic rings. The normalized spacial score (nSPS) is 8.69. The van der Waals surface area contributed by atoms with Crippen LogP contribution in [0.25, 0.3) is 0 Å². The molecule has 0 fully saturated rings. The second kappa shape index (κ2) is 14.4. The number of unbranched alkanes of at least 4 members (excludes halogenated alkanes) is 1. The SMILES string of the molecule is CCCC[n+]1ccccc1.CCNCC.Cl. The third-order valence-electron chi connectivity index (χ3n) is 2.05. The summed E-state index contributed by atoms with van der Waals surface area (Å²) in [5.74, 6) is 0.